The second-order valence-corrected chi connectivity index (χ2v) is 6.39. The van der Waals surface area contributed by atoms with Crippen LogP contribution in [0.1, 0.15) is 22.5 Å². The third-order valence-corrected chi connectivity index (χ3v) is 4.67. The van der Waals surface area contributed by atoms with Crippen molar-refractivity contribution in [2.24, 2.45) is 0 Å². The molecule has 0 atom stereocenters. The Morgan fingerprint density at radius 3 is 2.42 bits per heavy atom. The van der Waals surface area contributed by atoms with Gasteiger partial charge in [0.05, 0.1) is 19.9 Å². The Balaban J connectivity index is 1.42. The number of carbonyl (C=O) groups is 2. The lowest BCUT2D eigenvalue weighted by Gasteiger charge is -2.34. The maximum Gasteiger partial charge on any atom is 0.223 e. The van der Waals surface area contributed by atoms with Crippen LogP contribution in [0.2, 0.25) is 0 Å². The maximum atomic E-state index is 12.4. The van der Waals surface area contributed by atoms with Crippen LogP contribution in [-0.2, 0) is 11.2 Å². The summed E-state index contributed by atoms with van der Waals surface area (Å²) in [6.07, 6.45) is 2.71. The van der Waals surface area contributed by atoms with Crippen LogP contribution in [0.4, 0.5) is 0 Å². The molecule has 6 nitrogen and oxygen atoms in total. The largest absolute Gasteiger partial charge is 0.497 e. The third kappa shape index (κ3) is 4.73. The first-order valence-corrected chi connectivity index (χ1v) is 8.85. The zero-order chi connectivity index (χ0) is 18.4. The highest BCUT2D eigenvalue weighted by Crippen LogP contribution is 2.13. The van der Waals surface area contributed by atoms with Gasteiger partial charge in [-0.15, -0.1) is 0 Å². The van der Waals surface area contributed by atoms with Crippen LogP contribution in [0.25, 0.3) is 0 Å². The number of Topliss-reactive ketones (excluding diaryl/α,β-unsaturated/α-hetero) is 1. The molecule has 138 valence electrons. The normalized spacial score (nSPS) is 15.0. The Labute approximate surface area is 153 Å². The number of benzene rings is 1. The monoisotopic (exact) mass is 356 g/mol. The molecule has 0 radical (unpaired) electrons. The quantitative estimate of drug-likeness (QED) is 0.712. The summed E-state index contributed by atoms with van der Waals surface area (Å²) in [5.41, 5.74) is 0.683. The average Bonchev–Trinajstić information content (AvgIpc) is 3.20. The highest BCUT2D eigenvalue weighted by molar-refractivity contribution is 5.97. The van der Waals surface area contributed by atoms with Gasteiger partial charge in [0.25, 0.3) is 0 Å². The summed E-state index contributed by atoms with van der Waals surface area (Å²) in [7, 11) is 1.60. The molecule has 1 aliphatic heterocycles. The van der Waals surface area contributed by atoms with Crippen LogP contribution in [-0.4, -0.2) is 61.3 Å². The number of ether oxygens (including phenoxy) is 1. The number of amides is 1. The van der Waals surface area contributed by atoms with E-state index in [1.165, 1.54) is 0 Å². The zero-order valence-electron chi connectivity index (χ0n) is 15.0. The Morgan fingerprint density at radius 2 is 1.81 bits per heavy atom. The molecule has 1 saturated heterocycles. The van der Waals surface area contributed by atoms with E-state index in [-0.39, 0.29) is 11.7 Å². The van der Waals surface area contributed by atoms with Crippen LogP contribution in [0.5, 0.6) is 5.75 Å². The first kappa shape index (κ1) is 18.2. The molecule has 6 heteroatoms. The highest BCUT2D eigenvalue weighted by atomic mass is 16.5. The number of methoxy groups -OCH3 is 1. The van der Waals surface area contributed by atoms with Gasteiger partial charge in [-0.05, 0) is 36.4 Å². The Bertz CT molecular complexity index is 717. The van der Waals surface area contributed by atoms with Gasteiger partial charge < -0.3 is 14.1 Å². The highest BCUT2D eigenvalue weighted by Gasteiger charge is 2.22. The molecule has 2 heterocycles. The molecule has 1 fully saturated rings. The van der Waals surface area contributed by atoms with Gasteiger partial charge in [-0.2, -0.15) is 0 Å². The lowest BCUT2D eigenvalue weighted by molar-refractivity contribution is -0.132. The zero-order valence-corrected chi connectivity index (χ0v) is 15.0. The van der Waals surface area contributed by atoms with Gasteiger partial charge in [-0.3, -0.25) is 14.5 Å². The van der Waals surface area contributed by atoms with Crippen molar-refractivity contribution in [3.05, 3.63) is 54.0 Å². The predicted octanol–water partition coefficient (Wildman–Crippen LogP) is 2.25. The minimum atomic E-state index is 0.0882. The fourth-order valence-electron chi connectivity index (χ4n) is 3.07. The van der Waals surface area contributed by atoms with E-state index in [2.05, 4.69) is 4.90 Å². The molecule has 0 N–H and O–H groups in total. The van der Waals surface area contributed by atoms with Crippen molar-refractivity contribution in [2.75, 3.05) is 39.8 Å². The lowest BCUT2D eigenvalue weighted by Crippen LogP contribution is -2.49. The number of nitrogens with zero attached hydrogens (tertiary/aromatic N) is 2. The van der Waals surface area contributed by atoms with Crippen molar-refractivity contribution in [2.45, 2.75) is 12.8 Å². The average molecular weight is 356 g/mol. The summed E-state index contributed by atoms with van der Waals surface area (Å²) in [6, 6.07) is 10.9. The number of ketones is 1. The van der Waals surface area contributed by atoms with Crippen molar-refractivity contribution < 1.29 is 18.7 Å². The van der Waals surface area contributed by atoms with Gasteiger partial charge in [0.15, 0.2) is 5.78 Å². The number of hydrogen-bond donors (Lipinski definition) is 0. The van der Waals surface area contributed by atoms with Crippen molar-refractivity contribution in [1.82, 2.24) is 9.80 Å². The summed E-state index contributed by atoms with van der Waals surface area (Å²) in [4.78, 5) is 28.7. The van der Waals surface area contributed by atoms with Crippen LogP contribution < -0.4 is 4.74 Å². The van der Waals surface area contributed by atoms with E-state index in [1.54, 1.807) is 37.6 Å². The molecule has 1 aliphatic rings. The van der Waals surface area contributed by atoms with Gasteiger partial charge in [-0.25, -0.2) is 0 Å². The second-order valence-electron chi connectivity index (χ2n) is 6.39. The first-order chi connectivity index (χ1) is 12.7. The molecule has 0 unspecified atom stereocenters. The van der Waals surface area contributed by atoms with Crippen LogP contribution >= 0.6 is 0 Å². The lowest BCUT2D eigenvalue weighted by atomic mass is 10.1. The smallest absolute Gasteiger partial charge is 0.223 e. The molecule has 0 bridgehead atoms. The molecular formula is C20H24N2O4. The minimum Gasteiger partial charge on any atom is -0.497 e. The molecular weight excluding hydrogens is 332 g/mol. The maximum absolute atomic E-state index is 12.4. The number of hydrogen-bond acceptors (Lipinski definition) is 5. The molecule has 1 aromatic heterocycles. The first-order valence-electron chi connectivity index (χ1n) is 8.85. The standard InChI is InChI=1S/C20H24N2O4/c1-25-17-6-4-16(5-7-17)19(23)15-21-10-12-22(13-11-21)20(24)9-8-18-3-2-14-26-18/h2-7,14H,8-13,15H2,1H3. The molecule has 0 spiro atoms. The van der Waals surface area contributed by atoms with Gasteiger partial charge >= 0.3 is 0 Å². The van der Waals surface area contributed by atoms with E-state index in [9.17, 15) is 9.59 Å². The van der Waals surface area contributed by atoms with Crippen molar-refractivity contribution >= 4 is 11.7 Å². The van der Waals surface area contributed by atoms with E-state index in [0.29, 0.717) is 51.1 Å². The van der Waals surface area contributed by atoms with E-state index < -0.39 is 0 Å². The van der Waals surface area contributed by atoms with Gasteiger partial charge in [-0.1, -0.05) is 0 Å². The molecule has 26 heavy (non-hydrogen) atoms. The van der Waals surface area contributed by atoms with Gasteiger partial charge in [0.2, 0.25) is 5.91 Å². The van der Waals surface area contributed by atoms with E-state index in [0.717, 1.165) is 11.5 Å². The van der Waals surface area contributed by atoms with Gasteiger partial charge in [0.1, 0.15) is 11.5 Å². The molecule has 1 amide bonds. The SMILES string of the molecule is COc1ccc(C(=O)CN2CCN(C(=O)CCc3ccco3)CC2)cc1. The van der Waals surface area contributed by atoms with Crippen molar-refractivity contribution in [1.29, 1.82) is 0 Å². The molecule has 0 aliphatic carbocycles. The molecule has 2 aromatic rings. The number of rotatable bonds is 7. The van der Waals surface area contributed by atoms with E-state index in [4.69, 9.17) is 9.15 Å². The number of piperazine rings is 1. The van der Waals surface area contributed by atoms with Crippen molar-refractivity contribution in [3.63, 3.8) is 0 Å². The fourth-order valence-corrected chi connectivity index (χ4v) is 3.07. The van der Waals surface area contributed by atoms with Crippen LogP contribution in [0, 0.1) is 0 Å². The van der Waals surface area contributed by atoms with Crippen LogP contribution in [0.3, 0.4) is 0 Å². The second kappa shape index (κ2) is 8.67. The Morgan fingerprint density at radius 1 is 1.08 bits per heavy atom. The van der Waals surface area contributed by atoms with E-state index >= 15 is 0 Å². The van der Waals surface area contributed by atoms with Crippen LogP contribution in [0.15, 0.2) is 47.1 Å². The summed E-state index contributed by atoms with van der Waals surface area (Å²) in [6.45, 7) is 3.13. The minimum absolute atomic E-state index is 0.0882. The summed E-state index contributed by atoms with van der Waals surface area (Å²) in [5, 5.41) is 0. The molecule has 1 aromatic carbocycles. The summed E-state index contributed by atoms with van der Waals surface area (Å²) in [5.74, 6) is 1.80. The fraction of sp³-hybridized carbons (Fsp3) is 0.400. The third-order valence-electron chi connectivity index (χ3n) is 4.67. The Kier molecular flexibility index (Phi) is 6.07. The summed E-state index contributed by atoms with van der Waals surface area (Å²) >= 11 is 0. The molecule has 0 saturated carbocycles. The summed E-state index contributed by atoms with van der Waals surface area (Å²) < 4.78 is 10.4. The van der Waals surface area contributed by atoms with E-state index in [1.807, 2.05) is 17.0 Å². The Hall–Kier alpha value is -2.60. The number of carbonyl (C=O) groups excluding carboxylic acids is 2. The number of furan rings is 1. The number of aryl methyl sites for hydroxylation is 1. The predicted molar refractivity (Wildman–Crippen MR) is 97.4 cm³/mol. The van der Waals surface area contributed by atoms with Crippen molar-refractivity contribution in [3.8, 4) is 5.75 Å². The molecule has 3 rings (SSSR count). The topological polar surface area (TPSA) is 63.0 Å². The van der Waals surface area contributed by atoms with Gasteiger partial charge in [0, 0.05) is 44.6 Å².